The van der Waals surface area contributed by atoms with Crippen molar-refractivity contribution in [3.63, 3.8) is 0 Å². The van der Waals surface area contributed by atoms with Gasteiger partial charge in [0.2, 0.25) is 0 Å². The van der Waals surface area contributed by atoms with Crippen molar-refractivity contribution in [2.45, 2.75) is 27.7 Å². The third-order valence-electron chi connectivity index (χ3n) is 5.16. The van der Waals surface area contributed by atoms with Crippen molar-refractivity contribution in [3.05, 3.63) is 69.8 Å². The molecular weight excluding hydrogens is 366 g/mol. The number of rotatable bonds is 7. The summed E-state index contributed by atoms with van der Waals surface area (Å²) in [6.45, 7) is 10.6. The average molecular weight is 393 g/mol. The van der Waals surface area contributed by atoms with Gasteiger partial charge in [-0.1, -0.05) is 38.1 Å². The maximum absolute atomic E-state index is 13.2. The average Bonchev–Trinajstić information content (AvgIpc) is 2.72. The zero-order valence-electron chi connectivity index (χ0n) is 17.4. The lowest BCUT2D eigenvalue weighted by atomic mass is 10.1. The van der Waals surface area contributed by atoms with E-state index in [-0.39, 0.29) is 5.56 Å². The van der Waals surface area contributed by atoms with E-state index < -0.39 is 5.97 Å². The van der Waals surface area contributed by atoms with Crippen LogP contribution in [0.4, 0.5) is 0 Å². The van der Waals surface area contributed by atoms with Crippen LogP contribution in [0.25, 0.3) is 16.6 Å². The number of nitrogens with zero attached hydrogens (tertiary/aromatic N) is 3. The van der Waals surface area contributed by atoms with E-state index in [1.807, 2.05) is 31.2 Å². The number of fused-ring (bicyclic) bond motifs is 1. The maximum atomic E-state index is 13.2. The van der Waals surface area contributed by atoms with Crippen LogP contribution in [0.1, 0.15) is 35.6 Å². The Morgan fingerprint density at radius 3 is 2.52 bits per heavy atom. The summed E-state index contributed by atoms with van der Waals surface area (Å²) >= 11 is 0. The number of esters is 1. The minimum atomic E-state index is -0.435. The zero-order valence-corrected chi connectivity index (χ0v) is 17.4. The quantitative estimate of drug-likeness (QED) is 0.575. The van der Waals surface area contributed by atoms with Gasteiger partial charge in [-0.2, -0.15) is 0 Å². The van der Waals surface area contributed by atoms with Crippen molar-refractivity contribution >= 4 is 16.9 Å². The van der Waals surface area contributed by atoms with Crippen LogP contribution in [0, 0.1) is 13.8 Å². The lowest BCUT2D eigenvalue weighted by Crippen LogP contribution is -2.29. The molecule has 0 atom stereocenters. The molecule has 0 fully saturated rings. The Balaban J connectivity index is 2.03. The highest BCUT2D eigenvalue weighted by atomic mass is 16.5. The Morgan fingerprint density at radius 2 is 1.79 bits per heavy atom. The van der Waals surface area contributed by atoms with Crippen LogP contribution >= 0.6 is 0 Å². The number of aromatic nitrogens is 2. The van der Waals surface area contributed by atoms with Gasteiger partial charge in [-0.25, -0.2) is 9.78 Å². The molecule has 0 N–H and O–H groups in total. The number of aryl methyl sites for hydroxylation is 2. The van der Waals surface area contributed by atoms with Crippen molar-refractivity contribution in [2.24, 2.45) is 0 Å². The van der Waals surface area contributed by atoms with Crippen LogP contribution in [0.2, 0.25) is 0 Å². The van der Waals surface area contributed by atoms with Gasteiger partial charge in [0.1, 0.15) is 12.4 Å². The third kappa shape index (κ3) is 4.22. The minimum Gasteiger partial charge on any atom is -0.461 e. The molecule has 0 unspecified atom stereocenters. The van der Waals surface area contributed by atoms with E-state index in [0.717, 1.165) is 18.7 Å². The second-order valence-electron chi connectivity index (χ2n) is 6.95. The molecule has 1 aromatic heterocycles. The molecule has 0 amide bonds. The van der Waals surface area contributed by atoms with E-state index in [2.05, 4.69) is 23.7 Å². The van der Waals surface area contributed by atoms with Gasteiger partial charge in [-0.3, -0.25) is 9.36 Å². The van der Waals surface area contributed by atoms with Crippen LogP contribution in [0.3, 0.4) is 0 Å². The highest BCUT2D eigenvalue weighted by Gasteiger charge is 2.20. The second-order valence-corrected chi connectivity index (χ2v) is 6.95. The molecule has 0 saturated heterocycles. The fourth-order valence-corrected chi connectivity index (χ4v) is 3.51. The largest absolute Gasteiger partial charge is 0.461 e. The molecule has 0 aliphatic carbocycles. The Kier molecular flexibility index (Phi) is 6.44. The first-order chi connectivity index (χ1) is 14.0. The first-order valence-corrected chi connectivity index (χ1v) is 9.95. The van der Waals surface area contributed by atoms with E-state index in [4.69, 9.17) is 4.74 Å². The van der Waals surface area contributed by atoms with Gasteiger partial charge >= 0.3 is 5.97 Å². The molecule has 0 spiro atoms. The number of carbonyl (C=O) groups is 1. The number of benzene rings is 2. The highest BCUT2D eigenvalue weighted by Crippen LogP contribution is 2.21. The molecule has 6 heteroatoms. The first kappa shape index (κ1) is 20.7. The van der Waals surface area contributed by atoms with Crippen LogP contribution < -0.4 is 5.56 Å². The van der Waals surface area contributed by atoms with E-state index in [0.29, 0.717) is 41.1 Å². The highest BCUT2D eigenvalue weighted by molar-refractivity contribution is 5.94. The maximum Gasteiger partial charge on any atom is 0.340 e. The van der Waals surface area contributed by atoms with Crippen LogP contribution in [0.5, 0.6) is 0 Å². The molecule has 29 heavy (non-hydrogen) atoms. The number of ether oxygens (including phenoxy) is 1. The van der Waals surface area contributed by atoms with Gasteiger partial charge in [0.05, 0.1) is 22.2 Å². The van der Waals surface area contributed by atoms with Crippen molar-refractivity contribution in [1.82, 2.24) is 14.5 Å². The van der Waals surface area contributed by atoms with Gasteiger partial charge < -0.3 is 9.64 Å². The van der Waals surface area contributed by atoms with Gasteiger partial charge in [0, 0.05) is 6.54 Å². The predicted octanol–water partition coefficient (Wildman–Crippen LogP) is 3.50. The Morgan fingerprint density at radius 1 is 1.07 bits per heavy atom. The molecule has 0 saturated carbocycles. The molecule has 2 aromatic carbocycles. The van der Waals surface area contributed by atoms with Gasteiger partial charge in [-0.05, 0) is 50.7 Å². The Labute approximate surface area is 170 Å². The van der Waals surface area contributed by atoms with Crippen molar-refractivity contribution in [3.8, 4) is 5.69 Å². The summed E-state index contributed by atoms with van der Waals surface area (Å²) in [5, 5.41) is 0.516. The molecule has 0 bridgehead atoms. The molecule has 0 aliphatic heterocycles. The molecule has 0 aliphatic rings. The normalized spacial score (nSPS) is 11.2. The van der Waals surface area contributed by atoms with Gasteiger partial charge in [0.15, 0.2) is 0 Å². The molecule has 3 rings (SSSR count). The topological polar surface area (TPSA) is 64.4 Å². The van der Waals surface area contributed by atoms with E-state index in [9.17, 15) is 9.59 Å². The van der Waals surface area contributed by atoms with Crippen LogP contribution in [-0.4, -0.2) is 46.7 Å². The summed E-state index contributed by atoms with van der Waals surface area (Å²) in [5.74, 6) is 0.0931. The van der Waals surface area contributed by atoms with E-state index >= 15 is 0 Å². The third-order valence-corrected chi connectivity index (χ3v) is 5.16. The molecule has 1 heterocycles. The summed E-state index contributed by atoms with van der Waals surface area (Å²) in [6, 6.07) is 12.6. The second kappa shape index (κ2) is 9.01. The molecule has 3 aromatic rings. The SMILES string of the molecule is CCN(CC)CCOC(=O)c1cccc(C)c1-n1c(C)nc2ccccc2c1=O. The van der Waals surface area contributed by atoms with E-state index in [1.165, 1.54) is 4.57 Å². The Hall–Kier alpha value is -2.99. The summed E-state index contributed by atoms with van der Waals surface area (Å²) in [6.07, 6.45) is 0. The first-order valence-electron chi connectivity index (χ1n) is 9.95. The van der Waals surface area contributed by atoms with Crippen molar-refractivity contribution in [2.75, 3.05) is 26.2 Å². The van der Waals surface area contributed by atoms with Crippen LogP contribution in [0.15, 0.2) is 47.3 Å². The summed E-state index contributed by atoms with van der Waals surface area (Å²) in [5.41, 5.74) is 2.15. The summed E-state index contributed by atoms with van der Waals surface area (Å²) in [4.78, 5) is 32.8. The standard InChI is InChI=1S/C23H27N3O3/c1-5-25(6-2)14-15-29-23(28)19-12-9-10-16(3)21(19)26-17(4)24-20-13-8-7-11-18(20)22(26)27/h7-13H,5-6,14-15H2,1-4H3. The lowest BCUT2D eigenvalue weighted by molar-refractivity contribution is 0.0466. The zero-order chi connectivity index (χ0) is 21.0. The minimum absolute atomic E-state index is 0.195. The van der Waals surface area contributed by atoms with Crippen molar-refractivity contribution in [1.29, 1.82) is 0 Å². The molecule has 6 nitrogen and oxygen atoms in total. The number of para-hydroxylation sites is 2. The summed E-state index contributed by atoms with van der Waals surface area (Å²) in [7, 11) is 0. The number of carbonyl (C=O) groups excluding carboxylic acids is 1. The molecular formula is C23H27N3O3. The van der Waals surface area contributed by atoms with Gasteiger partial charge in [0.25, 0.3) is 5.56 Å². The number of hydrogen-bond donors (Lipinski definition) is 0. The van der Waals surface area contributed by atoms with Gasteiger partial charge in [-0.15, -0.1) is 0 Å². The molecule has 0 radical (unpaired) electrons. The lowest BCUT2D eigenvalue weighted by Gasteiger charge is -2.19. The fourth-order valence-electron chi connectivity index (χ4n) is 3.51. The number of hydrogen-bond acceptors (Lipinski definition) is 5. The predicted molar refractivity (Wildman–Crippen MR) is 115 cm³/mol. The summed E-state index contributed by atoms with van der Waals surface area (Å²) < 4.78 is 7.04. The smallest absolute Gasteiger partial charge is 0.340 e. The fraction of sp³-hybridized carbons (Fsp3) is 0.348. The number of likely N-dealkylation sites (N-methyl/N-ethyl adjacent to an activating group) is 1. The molecule has 152 valence electrons. The van der Waals surface area contributed by atoms with Crippen LogP contribution in [-0.2, 0) is 4.74 Å². The van der Waals surface area contributed by atoms with E-state index in [1.54, 1.807) is 25.1 Å². The Bertz CT molecular complexity index is 1080. The monoisotopic (exact) mass is 393 g/mol. The van der Waals surface area contributed by atoms with Crippen molar-refractivity contribution < 1.29 is 9.53 Å².